The molecule has 0 spiro atoms. The number of rotatable bonds is 29. The third-order valence-corrected chi connectivity index (χ3v) is 11.8. The Bertz CT molecular complexity index is 2260. The number of imidazole rings is 1. The zero-order valence-electron chi connectivity index (χ0n) is 39.4. The Morgan fingerprint density at radius 3 is 1.68 bits per heavy atom. The third kappa shape index (κ3) is 18.6. The molecule has 396 valence electrons. The number of hydrogen-bond acceptors (Lipinski definition) is 17. The Morgan fingerprint density at radius 1 is 0.708 bits per heavy atom. The Morgan fingerprint density at radius 2 is 1.21 bits per heavy atom. The summed E-state index contributed by atoms with van der Waals surface area (Å²) in [6, 6.07) is -7.98. The van der Waals surface area contributed by atoms with E-state index in [0.29, 0.717) is 12.0 Å². The maximum Gasteiger partial charge on any atom is 0.327 e. The van der Waals surface area contributed by atoms with Gasteiger partial charge < -0.3 is 79.6 Å². The predicted molar refractivity (Wildman–Crippen MR) is 260 cm³/mol. The topological polar surface area (TPSA) is 443 Å². The average molecular weight is 1050 g/mol. The number of aliphatic carboxylic acids is 1. The van der Waals surface area contributed by atoms with Gasteiger partial charge in [0.05, 0.1) is 31.8 Å². The number of thiol groups is 2. The standard InChI is InChI=1S/C43H63N13O14S2/c1-20(2)10-29(53-35(61)24(44)17-71)42(68)56-9-3-4-32(56)41(67)54-30(16-57)40(66)49-25(11-21-5-7-23(58)8-6-21)36(62)50-26(12-22-15-47-19-48-22)37(63)51-27(13-33(45)59)38(64)52-28(14-34(46)60)39(65)55-31(18-72)43(69)70/h5-8,15,19-20,24-32,57-58,71-72H,3-4,9-14,16-18,44H2,1-2H3,(H2,45,59)(H2,46,60)(H,47,48)(H,49,66)(H,50,62)(H,51,63)(H,52,64)(H,53,61)(H,54,67)(H,55,65)(H,69,70)/t24-,25-,26-,27-,28-,29-,30-,31-,32-/m0/s1. The van der Waals surface area contributed by atoms with Crippen LogP contribution in [0.1, 0.15) is 57.2 Å². The fourth-order valence-corrected chi connectivity index (χ4v) is 7.70. The van der Waals surface area contributed by atoms with Gasteiger partial charge >= 0.3 is 5.97 Å². The molecule has 29 heteroatoms. The number of amides is 10. The van der Waals surface area contributed by atoms with Crippen LogP contribution in [0, 0.1) is 5.92 Å². The number of aromatic amines is 1. The number of nitrogens with one attached hydrogen (secondary N) is 8. The lowest BCUT2D eigenvalue weighted by atomic mass is 10.0. The van der Waals surface area contributed by atoms with E-state index in [2.05, 4.69) is 72.4 Å². The molecule has 2 heterocycles. The van der Waals surface area contributed by atoms with Crippen LogP contribution < -0.4 is 54.4 Å². The molecule has 0 aliphatic carbocycles. The van der Waals surface area contributed by atoms with Crippen LogP contribution in [-0.4, -0.2) is 174 Å². The monoisotopic (exact) mass is 1050 g/mol. The molecular weight excluding hydrogens is 987 g/mol. The first kappa shape index (κ1) is 59.3. The molecule has 0 unspecified atom stereocenters. The van der Waals surface area contributed by atoms with Crippen LogP contribution in [0.4, 0.5) is 0 Å². The van der Waals surface area contributed by atoms with Gasteiger partial charge in [0.25, 0.3) is 0 Å². The van der Waals surface area contributed by atoms with Crippen LogP contribution in [0.2, 0.25) is 0 Å². The fraction of sp³-hybridized carbons (Fsp3) is 0.535. The summed E-state index contributed by atoms with van der Waals surface area (Å²) in [7, 11) is 0. The second-order valence-corrected chi connectivity index (χ2v) is 18.0. The number of phenolic OH excluding ortho intramolecular Hbond substituents is 1. The van der Waals surface area contributed by atoms with Crippen molar-refractivity contribution in [3.05, 3.63) is 48.0 Å². The highest BCUT2D eigenvalue weighted by Gasteiger charge is 2.40. The highest BCUT2D eigenvalue weighted by molar-refractivity contribution is 7.80. The molecule has 1 aliphatic heterocycles. The van der Waals surface area contributed by atoms with Crippen LogP contribution in [0.25, 0.3) is 0 Å². The Hall–Kier alpha value is -6.98. The summed E-state index contributed by atoms with van der Waals surface area (Å²) in [5, 5.41) is 46.2. The van der Waals surface area contributed by atoms with Crippen LogP contribution in [0.3, 0.4) is 0 Å². The van der Waals surface area contributed by atoms with Crippen molar-refractivity contribution >= 4 is 90.3 Å². The minimum absolute atomic E-state index is 0.00946. The van der Waals surface area contributed by atoms with Gasteiger partial charge in [-0.3, -0.25) is 47.9 Å². The van der Waals surface area contributed by atoms with Crippen molar-refractivity contribution in [2.45, 2.75) is 113 Å². The van der Waals surface area contributed by atoms with Gasteiger partial charge in [-0.2, -0.15) is 25.3 Å². The van der Waals surface area contributed by atoms with Crippen molar-refractivity contribution < 1.29 is 68.1 Å². The lowest BCUT2D eigenvalue weighted by Crippen LogP contribution is -2.61. The first-order valence-electron chi connectivity index (χ1n) is 22.5. The minimum atomic E-state index is -1.89. The number of phenols is 1. The molecule has 1 aliphatic rings. The van der Waals surface area contributed by atoms with Crippen molar-refractivity contribution in [2.24, 2.45) is 23.1 Å². The lowest BCUT2D eigenvalue weighted by molar-refractivity contribution is -0.142. The van der Waals surface area contributed by atoms with Crippen molar-refractivity contribution in [3.8, 4) is 5.75 Å². The first-order chi connectivity index (χ1) is 34.0. The van der Waals surface area contributed by atoms with Crippen molar-refractivity contribution in [1.82, 2.24) is 52.1 Å². The zero-order valence-corrected chi connectivity index (χ0v) is 41.2. The summed E-state index contributed by atoms with van der Waals surface area (Å²) in [6.07, 6.45) is 0.860. The number of carbonyl (C=O) groups is 11. The van der Waals surface area contributed by atoms with E-state index >= 15 is 0 Å². The second-order valence-electron chi connectivity index (χ2n) is 17.2. The number of aliphatic hydroxyl groups excluding tert-OH is 1. The number of aromatic hydroxyl groups is 1. The predicted octanol–water partition coefficient (Wildman–Crippen LogP) is -5.65. The highest BCUT2D eigenvalue weighted by atomic mass is 32.1. The van der Waals surface area contributed by atoms with Crippen LogP contribution >= 0.6 is 25.3 Å². The van der Waals surface area contributed by atoms with Gasteiger partial charge in [-0.1, -0.05) is 26.0 Å². The lowest BCUT2D eigenvalue weighted by Gasteiger charge is -2.31. The van der Waals surface area contributed by atoms with E-state index in [1.54, 1.807) is 0 Å². The quantitative estimate of drug-likeness (QED) is 0.0338. The number of nitrogens with two attached hydrogens (primary N) is 3. The normalized spacial score (nSPS) is 16.5. The van der Waals surface area contributed by atoms with Crippen LogP contribution in [-0.2, 0) is 65.6 Å². The Labute approximate surface area is 423 Å². The molecule has 2 aromatic rings. The number of aliphatic hydroxyl groups is 1. The van der Waals surface area contributed by atoms with E-state index < -0.39 is 139 Å². The molecule has 10 amide bonds. The fourth-order valence-electron chi connectivity index (χ4n) is 7.29. The van der Waals surface area contributed by atoms with E-state index in [4.69, 9.17) is 17.2 Å². The van der Waals surface area contributed by atoms with E-state index in [1.807, 2.05) is 13.8 Å². The molecule has 72 heavy (non-hydrogen) atoms. The van der Waals surface area contributed by atoms with Gasteiger partial charge in [-0.05, 0) is 42.9 Å². The summed E-state index contributed by atoms with van der Waals surface area (Å²) < 4.78 is 0. The molecule has 0 bridgehead atoms. The van der Waals surface area contributed by atoms with E-state index in [9.17, 15) is 68.1 Å². The number of carbonyl (C=O) groups excluding carboxylic acids is 10. The van der Waals surface area contributed by atoms with Gasteiger partial charge in [0.2, 0.25) is 59.1 Å². The van der Waals surface area contributed by atoms with Gasteiger partial charge in [0.15, 0.2) is 0 Å². The number of primary amides is 2. The number of hydrogen-bond donors (Lipinski definition) is 16. The Balaban J connectivity index is 1.90. The summed E-state index contributed by atoms with van der Waals surface area (Å²) in [4.78, 5) is 153. The van der Waals surface area contributed by atoms with Gasteiger partial charge in [-0.25, -0.2) is 9.78 Å². The van der Waals surface area contributed by atoms with E-state index in [0.717, 1.165) is 0 Å². The van der Waals surface area contributed by atoms with Crippen LogP contribution in [0.15, 0.2) is 36.8 Å². The molecule has 17 N–H and O–H groups in total. The molecular formula is C43H63N13O14S2. The molecule has 9 atom stereocenters. The first-order valence-corrected chi connectivity index (χ1v) is 23.8. The number of aromatic nitrogens is 2. The molecule has 1 aromatic carbocycles. The smallest absolute Gasteiger partial charge is 0.327 e. The summed E-state index contributed by atoms with van der Waals surface area (Å²) in [5.41, 5.74) is 17.1. The average Bonchev–Trinajstić information content (AvgIpc) is 4.04. The molecule has 1 saturated heterocycles. The van der Waals surface area contributed by atoms with E-state index in [-0.39, 0.29) is 61.1 Å². The summed E-state index contributed by atoms with van der Waals surface area (Å²) in [6.45, 7) is 2.80. The molecule has 0 saturated carbocycles. The highest BCUT2D eigenvalue weighted by Crippen LogP contribution is 2.21. The minimum Gasteiger partial charge on any atom is -0.508 e. The number of carboxylic acid groups (broad SMARTS) is 1. The molecule has 1 aromatic heterocycles. The Kier molecular flexibility index (Phi) is 23.7. The van der Waals surface area contributed by atoms with Gasteiger partial charge in [-0.15, -0.1) is 0 Å². The number of benzene rings is 1. The molecule has 27 nitrogen and oxygen atoms in total. The molecule has 0 radical (unpaired) electrons. The maximum absolute atomic E-state index is 14.3. The third-order valence-electron chi connectivity index (χ3n) is 11.0. The largest absolute Gasteiger partial charge is 0.508 e. The molecule has 1 fully saturated rings. The SMILES string of the molecule is CC(C)C[C@H](NC(=O)[C@@H](N)CS)C(=O)N1CCC[C@H]1C(=O)N[C@@H](CO)C(=O)N[C@@H](Cc1ccc(O)cc1)C(=O)N[C@@H](Cc1cnc[nH]1)C(=O)N[C@@H](CC(N)=O)C(=O)N[C@@H](CC(N)=O)C(=O)N[C@@H](CS)C(=O)O. The zero-order chi connectivity index (χ0) is 53.8. The second kappa shape index (κ2) is 28.8. The summed E-state index contributed by atoms with van der Waals surface area (Å²) in [5.74, 6) is -12.0. The van der Waals surface area contributed by atoms with Gasteiger partial charge in [0, 0.05) is 42.8 Å². The van der Waals surface area contributed by atoms with Crippen LogP contribution in [0.5, 0.6) is 5.75 Å². The maximum atomic E-state index is 14.3. The number of nitrogens with zero attached hydrogens (tertiary/aromatic N) is 2. The van der Waals surface area contributed by atoms with Crippen molar-refractivity contribution in [2.75, 3.05) is 24.7 Å². The number of likely N-dealkylation sites (tertiary alicyclic amines) is 1. The molecule has 3 rings (SSSR count). The van der Waals surface area contributed by atoms with Crippen molar-refractivity contribution in [1.29, 1.82) is 0 Å². The number of carboxylic acids is 1. The summed E-state index contributed by atoms with van der Waals surface area (Å²) >= 11 is 7.91. The van der Waals surface area contributed by atoms with Gasteiger partial charge in [0.1, 0.15) is 54.1 Å². The van der Waals surface area contributed by atoms with E-state index in [1.165, 1.54) is 41.7 Å². The van der Waals surface area contributed by atoms with Crippen molar-refractivity contribution in [3.63, 3.8) is 0 Å². The number of H-pyrrole nitrogens is 1.